The van der Waals surface area contributed by atoms with Gasteiger partial charge in [-0.05, 0) is 69.8 Å². The van der Waals surface area contributed by atoms with E-state index in [1.54, 1.807) is 11.8 Å². The number of hydrogen-bond donors (Lipinski definition) is 1. The van der Waals surface area contributed by atoms with Gasteiger partial charge in [0.2, 0.25) is 0 Å². The maximum Gasteiger partial charge on any atom is 0.127 e. The third-order valence-electron chi connectivity index (χ3n) is 4.52. The molecule has 1 heterocycles. The van der Waals surface area contributed by atoms with Crippen molar-refractivity contribution in [3.63, 3.8) is 0 Å². The summed E-state index contributed by atoms with van der Waals surface area (Å²) in [6, 6.07) is 10.4. The Hall–Kier alpha value is -1.37. The smallest absolute Gasteiger partial charge is 0.127 e. The number of hydrogen-bond acceptors (Lipinski definition) is 4. The Morgan fingerprint density at radius 1 is 1.29 bits per heavy atom. The molecule has 1 fully saturated rings. The van der Waals surface area contributed by atoms with E-state index < -0.39 is 0 Å². The van der Waals surface area contributed by atoms with Crippen molar-refractivity contribution in [2.75, 3.05) is 6.26 Å². The Bertz CT molecular complexity index is 905. The number of halogens is 1. The summed E-state index contributed by atoms with van der Waals surface area (Å²) in [4.78, 5) is 1.10. The predicted molar refractivity (Wildman–Crippen MR) is 101 cm³/mol. The van der Waals surface area contributed by atoms with Crippen LogP contribution in [-0.4, -0.2) is 26.4 Å². The lowest BCUT2D eigenvalue weighted by atomic mass is 10.0. The number of thioether (sulfide) groups is 1. The fraction of sp³-hybridized carbons (Fsp3) is 0.333. The largest absolute Gasteiger partial charge is 0.392 e. The van der Waals surface area contributed by atoms with Crippen LogP contribution in [0, 0.1) is 5.92 Å². The van der Waals surface area contributed by atoms with E-state index in [2.05, 4.69) is 44.4 Å². The molecule has 1 aromatic heterocycles. The molecular weight excluding hydrogens is 386 g/mol. The molecular formula is C18H18BrN3OS. The van der Waals surface area contributed by atoms with Gasteiger partial charge in [-0.15, -0.1) is 16.9 Å². The van der Waals surface area contributed by atoms with E-state index >= 15 is 0 Å². The molecule has 4 rings (SSSR count). The first-order valence-corrected chi connectivity index (χ1v) is 10.0. The highest BCUT2D eigenvalue weighted by Crippen LogP contribution is 2.37. The lowest BCUT2D eigenvalue weighted by Gasteiger charge is -2.10. The Labute approximate surface area is 153 Å². The average molecular weight is 404 g/mol. The molecule has 6 heteroatoms. The monoisotopic (exact) mass is 403 g/mol. The minimum absolute atomic E-state index is 0.0617. The predicted octanol–water partition coefficient (Wildman–Crippen LogP) is 4.49. The third kappa shape index (κ3) is 2.87. The number of aliphatic hydroxyl groups is 1. The van der Waals surface area contributed by atoms with Gasteiger partial charge in [0.1, 0.15) is 5.52 Å². The van der Waals surface area contributed by atoms with Gasteiger partial charge in [-0.25, -0.2) is 4.68 Å². The van der Waals surface area contributed by atoms with Gasteiger partial charge in [-0.3, -0.25) is 0 Å². The maximum absolute atomic E-state index is 9.44. The standard InChI is InChI=1S/C18H18BrN3OS/c1-24-16-8-12(4-5-13(16)10-23)14-6-7-15-18(17(14)19)20-21-22(15)9-11-2-3-11/h4-8,11,23H,2-3,9-10H2,1H3. The van der Waals surface area contributed by atoms with Crippen LogP contribution in [0.4, 0.5) is 0 Å². The van der Waals surface area contributed by atoms with Gasteiger partial charge in [-0.2, -0.15) is 0 Å². The molecule has 0 radical (unpaired) electrons. The number of fused-ring (bicyclic) bond motifs is 1. The zero-order valence-corrected chi connectivity index (χ0v) is 15.8. The zero-order chi connectivity index (χ0) is 16.7. The van der Waals surface area contributed by atoms with E-state index in [0.29, 0.717) is 0 Å². The lowest BCUT2D eigenvalue weighted by Crippen LogP contribution is -2.01. The number of benzene rings is 2. The van der Waals surface area contributed by atoms with Crippen molar-refractivity contribution < 1.29 is 5.11 Å². The molecule has 24 heavy (non-hydrogen) atoms. The molecule has 0 unspecified atom stereocenters. The quantitative estimate of drug-likeness (QED) is 0.637. The normalized spacial score (nSPS) is 14.5. The average Bonchev–Trinajstić information content (AvgIpc) is 3.33. The first-order valence-electron chi connectivity index (χ1n) is 8.01. The molecule has 1 aliphatic carbocycles. The van der Waals surface area contributed by atoms with E-state index in [0.717, 1.165) is 49.6 Å². The van der Waals surface area contributed by atoms with Gasteiger partial charge in [-0.1, -0.05) is 23.4 Å². The molecule has 1 aliphatic rings. The van der Waals surface area contributed by atoms with E-state index in [-0.39, 0.29) is 6.61 Å². The molecule has 124 valence electrons. The van der Waals surface area contributed by atoms with E-state index in [9.17, 15) is 5.11 Å². The first kappa shape index (κ1) is 16.1. The fourth-order valence-corrected chi connectivity index (χ4v) is 4.23. The van der Waals surface area contributed by atoms with Gasteiger partial charge < -0.3 is 5.11 Å². The molecule has 0 bridgehead atoms. The van der Waals surface area contributed by atoms with Gasteiger partial charge in [0.15, 0.2) is 0 Å². The van der Waals surface area contributed by atoms with Crippen LogP contribution in [0.15, 0.2) is 39.7 Å². The van der Waals surface area contributed by atoms with Gasteiger partial charge in [0.05, 0.1) is 16.6 Å². The van der Waals surface area contributed by atoms with Crippen molar-refractivity contribution in [3.8, 4) is 11.1 Å². The molecule has 0 saturated heterocycles. The second-order valence-corrected chi connectivity index (χ2v) is 7.84. The number of aliphatic hydroxyl groups excluding tert-OH is 1. The van der Waals surface area contributed by atoms with Crippen LogP contribution in [0.3, 0.4) is 0 Å². The Balaban J connectivity index is 1.78. The minimum atomic E-state index is 0.0617. The summed E-state index contributed by atoms with van der Waals surface area (Å²) in [5.74, 6) is 0.767. The number of nitrogens with zero attached hydrogens (tertiary/aromatic N) is 3. The second kappa shape index (κ2) is 6.50. The van der Waals surface area contributed by atoms with Crippen molar-refractivity contribution in [1.29, 1.82) is 0 Å². The SMILES string of the molecule is CSc1cc(-c2ccc3c(nnn3CC3CC3)c2Br)ccc1CO. The molecule has 0 aliphatic heterocycles. The highest BCUT2D eigenvalue weighted by atomic mass is 79.9. The first-order chi connectivity index (χ1) is 11.7. The van der Waals surface area contributed by atoms with Crippen LogP contribution >= 0.6 is 27.7 Å². The van der Waals surface area contributed by atoms with E-state index in [1.807, 2.05) is 23.1 Å². The highest BCUT2D eigenvalue weighted by molar-refractivity contribution is 9.10. The summed E-state index contributed by atoms with van der Waals surface area (Å²) in [5.41, 5.74) is 5.15. The molecule has 1 saturated carbocycles. The summed E-state index contributed by atoms with van der Waals surface area (Å²) >= 11 is 5.37. The Morgan fingerprint density at radius 3 is 2.83 bits per heavy atom. The van der Waals surface area contributed by atoms with Gasteiger partial charge >= 0.3 is 0 Å². The van der Waals surface area contributed by atoms with Crippen LogP contribution in [-0.2, 0) is 13.2 Å². The summed E-state index contributed by atoms with van der Waals surface area (Å²) in [5, 5.41) is 18.2. The van der Waals surface area contributed by atoms with Gasteiger partial charge in [0.25, 0.3) is 0 Å². The molecule has 0 amide bonds. The topological polar surface area (TPSA) is 50.9 Å². The fourth-order valence-electron chi connectivity index (χ4n) is 2.95. The van der Waals surface area contributed by atoms with Crippen molar-refractivity contribution >= 4 is 38.7 Å². The van der Waals surface area contributed by atoms with Crippen molar-refractivity contribution in [2.24, 2.45) is 5.92 Å². The van der Waals surface area contributed by atoms with Crippen LogP contribution < -0.4 is 0 Å². The summed E-state index contributed by atoms with van der Waals surface area (Å²) < 4.78 is 3.00. The van der Waals surface area contributed by atoms with Crippen molar-refractivity contribution in [3.05, 3.63) is 40.4 Å². The van der Waals surface area contributed by atoms with Crippen LogP contribution in [0.2, 0.25) is 0 Å². The lowest BCUT2D eigenvalue weighted by molar-refractivity contribution is 0.279. The van der Waals surface area contributed by atoms with Crippen molar-refractivity contribution in [1.82, 2.24) is 15.0 Å². The summed E-state index contributed by atoms with van der Waals surface area (Å²) in [6.45, 7) is 1.02. The van der Waals surface area contributed by atoms with Crippen LogP contribution in [0.1, 0.15) is 18.4 Å². The van der Waals surface area contributed by atoms with E-state index in [1.165, 1.54) is 12.8 Å². The number of rotatable bonds is 5. The van der Waals surface area contributed by atoms with Gasteiger partial charge in [0, 0.05) is 11.4 Å². The maximum atomic E-state index is 9.44. The molecule has 1 N–H and O–H groups in total. The second-order valence-electron chi connectivity index (χ2n) is 6.19. The number of aromatic nitrogens is 3. The molecule has 4 nitrogen and oxygen atoms in total. The highest BCUT2D eigenvalue weighted by Gasteiger charge is 2.23. The van der Waals surface area contributed by atoms with Crippen LogP contribution in [0.5, 0.6) is 0 Å². The molecule has 3 aromatic rings. The minimum Gasteiger partial charge on any atom is -0.392 e. The zero-order valence-electron chi connectivity index (χ0n) is 13.4. The Kier molecular flexibility index (Phi) is 4.37. The van der Waals surface area contributed by atoms with Crippen LogP contribution in [0.25, 0.3) is 22.2 Å². The van der Waals surface area contributed by atoms with E-state index in [4.69, 9.17) is 0 Å². The van der Waals surface area contributed by atoms with Crippen molar-refractivity contribution in [2.45, 2.75) is 30.9 Å². The summed E-state index contributed by atoms with van der Waals surface area (Å²) in [6.07, 6.45) is 4.63. The third-order valence-corrected chi connectivity index (χ3v) is 6.14. The molecule has 0 atom stereocenters. The Morgan fingerprint density at radius 2 is 2.12 bits per heavy atom. The summed E-state index contributed by atoms with van der Waals surface area (Å²) in [7, 11) is 0. The molecule has 2 aromatic carbocycles. The molecule has 0 spiro atoms.